The maximum Gasteiger partial charge on any atom is 0.227 e. The molecule has 0 saturated heterocycles. The first-order valence-corrected chi connectivity index (χ1v) is 6.27. The Morgan fingerprint density at radius 2 is 2.00 bits per heavy atom. The van der Waals surface area contributed by atoms with Crippen molar-refractivity contribution in [3.63, 3.8) is 0 Å². The van der Waals surface area contributed by atoms with Crippen molar-refractivity contribution >= 4 is 18.5 Å². The van der Waals surface area contributed by atoms with Crippen LogP contribution in [0.4, 0.5) is 0 Å². The van der Waals surface area contributed by atoms with Crippen molar-refractivity contribution < 1.29 is 14.6 Å². The summed E-state index contributed by atoms with van der Waals surface area (Å²) in [7, 11) is 1.59. The maximum absolute atomic E-state index is 12.0. The summed E-state index contributed by atoms with van der Waals surface area (Å²) in [4.78, 5) is 14.5. The van der Waals surface area contributed by atoms with Crippen LogP contribution in [-0.2, 0) is 16.0 Å². The van der Waals surface area contributed by atoms with E-state index in [1.807, 2.05) is 24.3 Å². The van der Waals surface area contributed by atoms with E-state index >= 15 is 0 Å². The number of thiol groups is 1. The van der Waals surface area contributed by atoms with Gasteiger partial charge in [-0.1, -0.05) is 12.1 Å². The van der Waals surface area contributed by atoms with Crippen LogP contribution in [0, 0.1) is 0 Å². The lowest BCUT2D eigenvalue weighted by Crippen LogP contribution is -2.37. The highest BCUT2D eigenvalue weighted by Crippen LogP contribution is 2.09. The third kappa shape index (κ3) is 5.08. The van der Waals surface area contributed by atoms with E-state index in [-0.39, 0.29) is 12.5 Å². The molecule has 0 heterocycles. The second-order valence-electron chi connectivity index (χ2n) is 3.94. The summed E-state index contributed by atoms with van der Waals surface area (Å²) in [5.41, 5.74) is 0.943. The van der Waals surface area contributed by atoms with E-state index < -0.39 is 0 Å². The summed E-state index contributed by atoms with van der Waals surface area (Å²) in [5.74, 6) is -0.00647. The maximum atomic E-state index is 12.0. The molecule has 0 spiro atoms. The van der Waals surface area contributed by atoms with Crippen molar-refractivity contribution in [2.75, 3.05) is 33.4 Å². The highest BCUT2D eigenvalue weighted by Gasteiger charge is 2.13. The topological polar surface area (TPSA) is 49.8 Å². The number of aliphatic hydroxyl groups is 1. The van der Waals surface area contributed by atoms with Crippen molar-refractivity contribution in [2.24, 2.45) is 0 Å². The molecule has 0 radical (unpaired) electrons. The normalized spacial score (nSPS) is 10.4. The van der Waals surface area contributed by atoms with Crippen LogP contribution in [0.15, 0.2) is 29.2 Å². The van der Waals surface area contributed by atoms with Crippen LogP contribution < -0.4 is 0 Å². The van der Waals surface area contributed by atoms with Gasteiger partial charge in [0.05, 0.1) is 19.6 Å². The molecule has 100 valence electrons. The van der Waals surface area contributed by atoms with Gasteiger partial charge >= 0.3 is 0 Å². The zero-order valence-corrected chi connectivity index (χ0v) is 11.4. The lowest BCUT2D eigenvalue weighted by Gasteiger charge is -2.21. The Labute approximate surface area is 113 Å². The van der Waals surface area contributed by atoms with Gasteiger partial charge in [-0.25, -0.2) is 0 Å². The Kier molecular flexibility index (Phi) is 6.78. The van der Waals surface area contributed by atoms with Gasteiger partial charge in [0.1, 0.15) is 0 Å². The highest BCUT2D eigenvalue weighted by atomic mass is 32.1. The van der Waals surface area contributed by atoms with Crippen LogP contribution >= 0.6 is 12.6 Å². The molecule has 18 heavy (non-hydrogen) atoms. The molecule has 0 bridgehead atoms. The summed E-state index contributed by atoms with van der Waals surface area (Å²) in [6.07, 6.45) is 0.331. The molecular formula is C13H19NO3S. The van der Waals surface area contributed by atoms with E-state index in [2.05, 4.69) is 12.6 Å². The summed E-state index contributed by atoms with van der Waals surface area (Å²) >= 11 is 4.20. The zero-order valence-electron chi connectivity index (χ0n) is 10.5. The number of carbonyl (C=O) groups excluding carboxylic acids is 1. The molecule has 1 amide bonds. The lowest BCUT2D eigenvalue weighted by molar-refractivity contribution is -0.131. The van der Waals surface area contributed by atoms with Gasteiger partial charge in [-0.15, -0.1) is 12.6 Å². The smallest absolute Gasteiger partial charge is 0.227 e. The molecule has 0 aliphatic heterocycles. The SMILES string of the molecule is COCCN(CCO)C(=O)Cc1ccc(S)cc1. The van der Waals surface area contributed by atoms with E-state index in [4.69, 9.17) is 9.84 Å². The Hall–Kier alpha value is -1.04. The molecule has 1 aromatic carbocycles. The Morgan fingerprint density at radius 1 is 1.33 bits per heavy atom. The summed E-state index contributed by atoms with van der Waals surface area (Å²) in [5, 5.41) is 8.94. The average Bonchev–Trinajstić information content (AvgIpc) is 2.37. The standard InChI is InChI=1S/C13H19NO3S/c1-17-9-7-14(6-8-15)13(16)10-11-2-4-12(18)5-3-11/h2-5,15,18H,6-10H2,1H3. The van der Waals surface area contributed by atoms with Crippen molar-refractivity contribution in [1.82, 2.24) is 4.90 Å². The summed E-state index contributed by atoms with van der Waals surface area (Å²) in [6.45, 7) is 1.28. The van der Waals surface area contributed by atoms with Gasteiger partial charge in [-0.3, -0.25) is 4.79 Å². The minimum absolute atomic E-state index is 0.00647. The average molecular weight is 269 g/mol. The number of amides is 1. The van der Waals surface area contributed by atoms with Crippen molar-refractivity contribution in [1.29, 1.82) is 0 Å². The second kappa shape index (κ2) is 8.13. The van der Waals surface area contributed by atoms with Crippen LogP contribution in [-0.4, -0.2) is 49.3 Å². The van der Waals surface area contributed by atoms with Gasteiger partial charge < -0.3 is 14.7 Å². The van der Waals surface area contributed by atoms with E-state index in [1.165, 1.54) is 0 Å². The Bertz CT molecular complexity index is 367. The number of rotatable bonds is 7. The largest absolute Gasteiger partial charge is 0.395 e. The van der Waals surface area contributed by atoms with Gasteiger partial charge in [-0.05, 0) is 17.7 Å². The van der Waals surface area contributed by atoms with Crippen molar-refractivity contribution in [2.45, 2.75) is 11.3 Å². The third-order valence-electron chi connectivity index (χ3n) is 2.58. The fourth-order valence-electron chi connectivity index (χ4n) is 1.58. The molecule has 0 unspecified atom stereocenters. The van der Waals surface area contributed by atoms with Gasteiger partial charge in [0.2, 0.25) is 5.91 Å². The number of benzene rings is 1. The molecule has 0 fully saturated rings. The zero-order chi connectivity index (χ0) is 13.4. The van der Waals surface area contributed by atoms with Crippen LogP contribution in [0.1, 0.15) is 5.56 Å². The third-order valence-corrected chi connectivity index (χ3v) is 2.88. The molecule has 0 saturated carbocycles. The number of ether oxygens (including phenoxy) is 1. The second-order valence-corrected chi connectivity index (χ2v) is 4.46. The number of hydrogen-bond acceptors (Lipinski definition) is 4. The van der Waals surface area contributed by atoms with Gasteiger partial charge in [0, 0.05) is 25.1 Å². The van der Waals surface area contributed by atoms with E-state index in [1.54, 1.807) is 12.0 Å². The minimum atomic E-state index is -0.0367. The first-order valence-electron chi connectivity index (χ1n) is 5.83. The van der Waals surface area contributed by atoms with Gasteiger partial charge in [0.25, 0.3) is 0 Å². The van der Waals surface area contributed by atoms with Crippen molar-refractivity contribution in [3.8, 4) is 0 Å². The number of nitrogens with zero attached hydrogens (tertiary/aromatic N) is 1. The molecule has 5 heteroatoms. The molecule has 0 aromatic heterocycles. The molecule has 1 aromatic rings. The van der Waals surface area contributed by atoms with Crippen LogP contribution in [0.5, 0.6) is 0 Å². The minimum Gasteiger partial charge on any atom is -0.395 e. The monoisotopic (exact) mass is 269 g/mol. The summed E-state index contributed by atoms with van der Waals surface area (Å²) < 4.78 is 4.95. The molecule has 4 nitrogen and oxygen atoms in total. The Balaban J connectivity index is 2.57. The fourth-order valence-corrected chi connectivity index (χ4v) is 1.73. The van der Waals surface area contributed by atoms with Crippen LogP contribution in [0.25, 0.3) is 0 Å². The quantitative estimate of drug-likeness (QED) is 0.726. The number of methoxy groups -OCH3 is 1. The molecule has 0 aliphatic carbocycles. The van der Waals surface area contributed by atoms with Crippen molar-refractivity contribution in [3.05, 3.63) is 29.8 Å². The molecule has 1 N–H and O–H groups in total. The van der Waals surface area contributed by atoms with Gasteiger partial charge in [-0.2, -0.15) is 0 Å². The lowest BCUT2D eigenvalue weighted by atomic mass is 10.1. The van der Waals surface area contributed by atoms with Crippen LogP contribution in [0.3, 0.4) is 0 Å². The predicted molar refractivity (Wildman–Crippen MR) is 72.9 cm³/mol. The molecule has 0 atom stereocenters. The molecule has 1 rings (SSSR count). The first kappa shape index (κ1) is 15.0. The number of aliphatic hydroxyl groups excluding tert-OH is 1. The fraction of sp³-hybridized carbons (Fsp3) is 0.462. The summed E-state index contributed by atoms with van der Waals surface area (Å²) in [6, 6.07) is 7.48. The Morgan fingerprint density at radius 3 is 2.56 bits per heavy atom. The van der Waals surface area contributed by atoms with E-state index in [0.717, 1.165) is 10.5 Å². The van der Waals surface area contributed by atoms with E-state index in [0.29, 0.717) is 26.1 Å². The number of carbonyl (C=O) groups is 1. The predicted octanol–water partition coefficient (Wildman–Crippen LogP) is 0.985. The highest BCUT2D eigenvalue weighted by molar-refractivity contribution is 7.80. The number of hydrogen-bond donors (Lipinski definition) is 2. The van der Waals surface area contributed by atoms with Gasteiger partial charge in [0.15, 0.2) is 0 Å². The molecule has 0 aliphatic rings. The van der Waals surface area contributed by atoms with Crippen LogP contribution in [0.2, 0.25) is 0 Å². The van der Waals surface area contributed by atoms with E-state index in [9.17, 15) is 4.79 Å². The molecular weight excluding hydrogens is 250 g/mol. The first-order chi connectivity index (χ1) is 8.67.